The molecule has 8 heterocycles. The third kappa shape index (κ3) is 8.21. The highest BCUT2D eigenvalue weighted by Crippen LogP contribution is 2.39. The van der Waals surface area contributed by atoms with Gasteiger partial charge in [-0.05, 0) is 74.8 Å². The summed E-state index contributed by atoms with van der Waals surface area (Å²) in [7, 11) is 3.65. The molecule has 0 aliphatic carbocycles. The average molecular weight is 905 g/mol. The molecule has 1 atom stereocenters. The number of Topliss-reactive ketones (excluding diaryl/α,β-unsaturated/α-hetero) is 2. The molecule has 2 amide bonds. The number of nitrogens with zero attached hydrogens (tertiary/aromatic N) is 8. The second-order valence-electron chi connectivity index (χ2n) is 16.0. The van der Waals surface area contributed by atoms with E-state index >= 15 is 0 Å². The molecule has 0 radical (unpaired) electrons. The SMILES string of the molecule is C1CCOC1.CN1CC(=O)c2ccc3c4c(ccc(c24)C(=O)C1n1ccnc1)C(=O)N(CCCn1ccnc1)C3=O.Cn1ccnc1.O=C1OC(=O)c2ccc3c4c(ccc1c24)C(=O)OC3=O. The molecule has 67 heavy (non-hydrogen) atoms. The van der Waals surface area contributed by atoms with E-state index in [1.807, 2.05) is 28.6 Å². The molecule has 5 aliphatic heterocycles. The lowest BCUT2D eigenvalue weighted by Crippen LogP contribution is -2.42. The number of hydrogen-bond acceptors (Lipinski definition) is 15. The van der Waals surface area contributed by atoms with Gasteiger partial charge in [0.1, 0.15) is 0 Å². The summed E-state index contributed by atoms with van der Waals surface area (Å²) >= 11 is 0. The smallest absolute Gasteiger partial charge is 0.346 e. The van der Waals surface area contributed by atoms with Crippen LogP contribution in [0, 0.1) is 0 Å². The van der Waals surface area contributed by atoms with E-state index in [1.54, 1.807) is 78.2 Å². The van der Waals surface area contributed by atoms with Gasteiger partial charge in [-0.3, -0.25) is 29.0 Å². The van der Waals surface area contributed by atoms with Crippen LogP contribution in [-0.4, -0.2) is 119 Å². The number of carbonyl (C=O) groups is 8. The fourth-order valence-electron chi connectivity index (χ4n) is 8.62. The van der Waals surface area contributed by atoms with Crippen molar-refractivity contribution >= 4 is 68.8 Å². The second-order valence-corrected chi connectivity index (χ2v) is 16.0. The van der Waals surface area contributed by atoms with E-state index in [4.69, 9.17) is 4.74 Å². The Hall–Kier alpha value is -8.29. The molecule has 1 unspecified atom stereocenters. The topological polar surface area (TPSA) is 224 Å². The molecule has 4 aromatic carbocycles. The Morgan fingerprint density at radius 1 is 0.537 bits per heavy atom. The highest BCUT2D eigenvalue weighted by molar-refractivity contribution is 6.31. The van der Waals surface area contributed by atoms with Gasteiger partial charge in [-0.1, -0.05) is 0 Å². The Morgan fingerprint density at radius 3 is 1.48 bits per heavy atom. The summed E-state index contributed by atoms with van der Waals surface area (Å²) in [5, 5.41) is 1.29. The molecule has 19 nitrogen and oxygen atoms in total. The maximum Gasteiger partial charge on any atom is 0.346 e. The minimum Gasteiger partial charge on any atom is -0.386 e. The summed E-state index contributed by atoms with van der Waals surface area (Å²) in [5.41, 5.74) is 1.90. The van der Waals surface area contributed by atoms with Crippen LogP contribution in [0.15, 0.2) is 105 Å². The van der Waals surface area contributed by atoms with Crippen LogP contribution in [0.2, 0.25) is 0 Å². The number of imide groups is 1. The number of imidazole rings is 3. The number of likely N-dealkylation sites (N-methyl/N-ethyl adjacent to an activating group) is 1. The van der Waals surface area contributed by atoms with Crippen LogP contribution in [0.5, 0.6) is 0 Å². The molecule has 0 saturated carbocycles. The first-order valence-corrected chi connectivity index (χ1v) is 21.2. The predicted octanol–water partition coefficient (Wildman–Crippen LogP) is 5.11. The number of aryl methyl sites for hydroxylation is 2. The van der Waals surface area contributed by atoms with Crippen LogP contribution in [0.4, 0.5) is 0 Å². The van der Waals surface area contributed by atoms with Crippen LogP contribution in [0.25, 0.3) is 21.5 Å². The summed E-state index contributed by atoms with van der Waals surface area (Å²) in [6, 6.07) is 11.9. The minimum atomic E-state index is -0.794. The molecular formula is C48H40N8O11. The second kappa shape index (κ2) is 18.3. The summed E-state index contributed by atoms with van der Waals surface area (Å²) < 4.78 is 19.6. The average Bonchev–Trinajstić information content (AvgIpc) is 4.19. The number of carbonyl (C=O) groups excluding carboxylic acids is 8. The Morgan fingerprint density at radius 2 is 1.01 bits per heavy atom. The van der Waals surface area contributed by atoms with E-state index in [2.05, 4.69) is 24.4 Å². The highest BCUT2D eigenvalue weighted by Gasteiger charge is 2.39. The Bertz CT molecular complexity index is 2990. The van der Waals surface area contributed by atoms with Gasteiger partial charge in [-0.25, -0.2) is 34.1 Å². The molecule has 5 aliphatic rings. The van der Waals surface area contributed by atoms with Crippen LogP contribution in [0.3, 0.4) is 0 Å². The van der Waals surface area contributed by atoms with Gasteiger partial charge in [0.25, 0.3) is 11.8 Å². The first-order chi connectivity index (χ1) is 32.4. The normalized spacial score (nSPS) is 17.2. The monoisotopic (exact) mass is 904 g/mol. The Balaban J connectivity index is 0.000000149. The molecule has 0 bridgehead atoms. The summed E-state index contributed by atoms with van der Waals surface area (Å²) in [5.74, 6) is -4.46. The molecule has 19 heteroatoms. The van der Waals surface area contributed by atoms with E-state index in [0.29, 0.717) is 46.0 Å². The van der Waals surface area contributed by atoms with Crippen molar-refractivity contribution in [1.82, 2.24) is 38.5 Å². The molecular weight excluding hydrogens is 865 g/mol. The number of aromatic nitrogens is 6. The first-order valence-electron chi connectivity index (χ1n) is 21.2. The van der Waals surface area contributed by atoms with Gasteiger partial charge < -0.3 is 27.9 Å². The van der Waals surface area contributed by atoms with E-state index in [0.717, 1.165) is 13.2 Å². The van der Waals surface area contributed by atoms with Gasteiger partial charge >= 0.3 is 23.9 Å². The third-order valence-corrected chi connectivity index (χ3v) is 11.8. The van der Waals surface area contributed by atoms with Gasteiger partial charge in [0.15, 0.2) is 11.9 Å². The molecule has 0 spiro atoms. The standard InChI is InChI=1S/C26H22N6O4.C14H4O6.C4H6N2.C4H8O/c1-29-13-20(33)16-3-5-18-22-19(26(36)32(25(18)35)10-2-9-30-11-7-27-14-30)6-4-17(21(16)22)23(34)24(29)31-12-8-28-15-31;15-11-5-1-2-6-10-8(14(18)20-12(6)16)4-3-7(9(5)10)13(17)19-11;1-6-3-2-5-4-6;1-2-4-5-3-1/h3-8,11-12,14-15,24H,2,9-10,13H2,1H3;1-4H;2-4H,1H3;1-4H2. The van der Waals surface area contributed by atoms with Gasteiger partial charge in [-0.15, -0.1) is 0 Å². The van der Waals surface area contributed by atoms with Crippen molar-refractivity contribution in [1.29, 1.82) is 0 Å². The summed E-state index contributed by atoms with van der Waals surface area (Å²) in [4.78, 5) is 116. The van der Waals surface area contributed by atoms with Gasteiger partial charge in [0, 0.05) is 114 Å². The zero-order chi connectivity index (χ0) is 46.9. The Labute approximate surface area is 380 Å². The van der Waals surface area contributed by atoms with Crippen LogP contribution < -0.4 is 0 Å². The van der Waals surface area contributed by atoms with Crippen molar-refractivity contribution < 1.29 is 52.6 Å². The lowest BCUT2D eigenvalue weighted by molar-refractivity contribution is 0.0366. The van der Waals surface area contributed by atoms with Crippen molar-refractivity contribution in [2.45, 2.75) is 32.0 Å². The number of cyclic esters (lactones) is 4. The van der Waals surface area contributed by atoms with E-state index in [1.165, 1.54) is 48.3 Å². The first kappa shape index (κ1) is 43.9. The summed E-state index contributed by atoms with van der Waals surface area (Å²) in [6.07, 6.45) is 17.7. The fraction of sp³-hybridized carbons (Fsp3) is 0.229. The molecule has 0 N–H and O–H groups in total. The molecule has 7 aromatic rings. The molecule has 3 aromatic heterocycles. The van der Waals surface area contributed by atoms with Crippen molar-refractivity contribution in [3.8, 4) is 0 Å². The minimum absolute atomic E-state index is 0.00499. The number of esters is 4. The number of benzene rings is 4. The molecule has 338 valence electrons. The van der Waals surface area contributed by atoms with E-state index in [-0.39, 0.29) is 57.7 Å². The number of hydrogen-bond donors (Lipinski definition) is 0. The van der Waals surface area contributed by atoms with Crippen molar-refractivity contribution in [3.63, 3.8) is 0 Å². The number of rotatable bonds is 5. The van der Waals surface area contributed by atoms with Gasteiger partial charge in [-0.2, -0.15) is 0 Å². The number of ketones is 2. The predicted molar refractivity (Wildman–Crippen MR) is 235 cm³/mol. The van der Waals surface area contributed by atoms with Crippen LogP contribution >= 0.6 is 0 Å². The Kier molecular flexibility index (Phi) is 12.0. The maximum atomic E-state index is 13.8. The lowest BCUT2D eigenvalue weighted by Gasteiger charge is -2.32. The van der Waals surface area contributed by atoms with E-state index in [9.17, 15) is 38.4 Å². The van der Waals surface area contributed by atoms with Crippen LogP contribution in [-0.2, 0) is 27.8 Å². The largest absolute Gasteiger partial charge is 0.386 e. The zero-order valence-electron chi connectivity index (χ0n) is 36.1. The molecule has 12 rings (SSSR count). The lowest BCUT2D eigenvalue weighted by atomic mass is 9.85. The molecule has 1 saturated heterocycles. The van der Waals surface area contributed by atoms with Crippen molar-refractivity contribution in [2.24, 2.45) is 7.05 Å². The van der Waals surface area contributed by atoms with Crippen molar-refractivity contribution in [3.05, 3.63) is 149 Å². The van der Waals surface area contributed by atoms with Gasteiger partial charge in [0.2, 0.25) is 5.78 Å². The maximum absolute atomic E-state index is 13.8. The summed E-state index contributed by atoms with van der Waals surface area (Å²) in [6.45, 7) is 2.85. The number of amides is 2. The van der Waals surface area contributed by atoms with Crippen LogP contribution in [0.1, 0.15) is 108 Å². The third-order valence-electron chi connectivity index (χ3n) is 11.8. The highest BCUT2D eigenvalue weighted by atomic mass is 16.6. The fourth-order valence-corrected chi connectivity index (χ4v) is 8.62. The van der Waals surface area contributed by atoms with E-state index < -0.39 is 41.9 Å². The quantitative estimate of drug-likeness (QED) is 0.124. The number of ether oxygens (including phenoxy) is 3. The molecule has 1 fully saturated rings. The zero-order valence-corrected chi connectivity index (χ0v) is 36.1. The van der Waals surface area contributed by atoms with Gasteiger partial charge in [0.05, 0.1) is 47.8 Å². The van der Waals surface area contributed by atoms with Crippen molar-refractivity contribution in [2.75, 3.05) is 33.4 Å².